The molecule has 12 rings (SSSR count). The van der Waals surface area contributed by atoms with Gasteiger partial charge in [0.1, 0.15) is 0 Å². The van der Waals surface area contributed by atoms with Gasteiger partial charge in [0.15, 0.2) is 0 Å². The Kier molecular flexibility index (Phi) is 9.74. The summed E-state index contributed by atoms with van der Waals surface area (Å²) in [6.45, 7) is 13.7. The predicted octanol–water partition coefficient (Wildman–Crippen LogP) is 17.4. The average Bonchev–Trinajstić information content (AvgIpc) is 4.03. The maximum absolute atomic E-state index is 2.55. The van der Waals surface area contributed by atoms with Crippen molar-refractivity contribution in [2.75, 3.05) is 9.80 Å². The highest BCUT2D eigenvalue weighted by atomic mass is 15.2. The molecule has 0 amide bonds. The van der Waals surface area contributed by atoms with E-state index in [4.69, 9.17) is 0 Å². The van der Waals surface area contributed by atoms with Crippen LogP contribution >= 0.6 is 0 Å². The molecule has 0 bridgehead atoms. The van der Waals surface area contributed by atoms with E-state index in [1.165, 1.54) is 82.9 Å². The number of rotatable bonds is 7. The van der Waals surface area contributed by atoms with Gasteiger partial charge in [-0.05, 0) is 125 Å². The lowest BCUT2D eigenvalue weighted by molar-refractivity contribution is 0.590. The fraction of sp³-hybridized carbons (Fsp3) is 0.156. The molecule has 0 N–H and O–H groups in total. The van der Waals surface area contributed by atoms with Crippen molar-refractivity contribution < 1.29 is 0 Å². The normalized spacial score (nSPS) is 14.1. The van der Waals surface area contributed by atoms with Crippen molar-refractivity contribution in [2.24, 2.45) is 0 Å². The van der Waals surface area contributed by atoms with Gasteiger partial charge in [-0.1, -0.05) is 157 Å². The molecule has 2 aromatic heterocycles. The van der Waals surface area contributed by atoms with Gasteiger partial charge in [-0.2, -0.15) is 0 Å². The number of hydrogen-bond acceptors (Lipinski definition) is 2. The first-order valence-corrected chi connectivity index (χ1v) is 24.1. The Morgan fingerprint density at radius 3 is 1.51 bits per heavy atom. The molecule has 0 saturated heterocycles. The molecule has 0 aliphatic carbocycles. The van der Waals surface area contributed by atoms with Crippen LogP contribution in [0.4, 0.5) is 28.4 Å². The van der Waals surface area contributed by atoms with Crippen molar-refractivity contribution >= 4 is 72.0 Å². The fourth-order valence-corrected chi connectivity index (χ4v) is 10.9. The minimum atomic E-state index is 0.0402. The molecule has 1 aliphatic heterocycles. The van der Waals surface area contributed by atoms with Crippen LogP contribution < -0.4 is 9.80 Å². The van der Waals surface area contributed by atoms with Crippen molar-refractivity contribution in [3.63, 3.8) is 0 Å². The Morgan fingerprint density at radius 1 is 0.397 bits per heavy atom. The first kappa shape index (κ1) is 41.6. The van der Waals surface area contributed by atoms with E-state index in [1.807, 2.05) is 0 Å². The van der Waals surface area contributed by atoms with Crippen molar-refractivity contribution in [1.82, 2.24) is 9.13 Å². The number of aromatic nitrogens is 2. The summed E-state index contributed by atoms with van der Waals surface area (Å²) in [5.41, 5.74) is 18.5. The van der Waals surface area contributed by atoms with Crippen LogP contribution in [0.5, 0.6) is 0 Å². The summed E-state index contributed by atoms with van der Waals surface area (Å²) >= 11 is 0. The van der Waals surface area contributed by atoms with Gasteiger partial charge < -0.3 is 18.9 Å². The smallest absolute Gasteiger partial charge is 0.0633 e. The van der Waals surface area contributed by atoms with Crippen LogP contribution in [-0.2, 0) is 17.3 Å². The zero-order valence-corrected chi connectivity index (χ0v) is 39.8. The number of fused-ring (bicyclic) bond motifs is 8. The van der Waals surface area contributed by atoms with E-state index in [-0.39, 0.29) is 16.9 Å². The Balaban J connectivity index is 1.01. The molecule has 0 spiro atoms. The van der Waals surface area contributed by atoms with Crippen LogP contribution in [0.2, 0.25) is 0 Å². The first-order chi connectivity index (χ1) is 33.0. The second kappa shape index (κ2) is 15.9. The quantitative estimate of drug-likeness (QED) is 0.159. The Hall–Kier alpha value is -7.82. The molecule has 1 unspecified atom stereocenters. The lowest BCUT2D eigenvalue weighted by Gasteiger charge is -2.28. The largest absolute Gasteiger partial charge is 0.333 e. The Bertz CT molecular complexity index is 3640. The van der Waals surface area contributed by atoms with Gasteiger partial charge in [-0.25, -0.2) is 0 Å². The maximum atomic E-state index is 2.55. The zero-order chi connectivity index (χ0) is 46.3. The van der Waals surface area contributed by atoms with Crippen LogP contribution in [0.1, 0.15) is 69.8 Å². The molecule has 1 aliphatic rings. The number of anilines is 5. The predicted molar refractivity (Wildman–Crippen MR) is 289 cm³/mol. The van der Waals surface area contributed by atoms with Gasteiger partial charge in [-0.15, -0.1) is 0 Å². The molecule has 4 nitrogen and oxygen atoms in total. The lowest BCUT2D eigenvalue weighted by atomic mass is 9.87. The fourth-order valence-electron chi connectivity index (χ4n) is 10.9. The van der Waals surface area contributed by atoms with Crippen molar-refractivity contribution in [3.05, 3.63) is 235 Å². The third kappa shape index (κ3) is 6.89. The highest BCUT2D eigenvalue weighted by molar-refractivity contribution is 6.13. The molecular formula is C64H56N4. The monoisotopic (exact) mass is 880 g/mol. The van der Waals surface area contributed by atoms with Crippen molar-refractivity contribution in [3.8, 4) is 11.4 Å². The van der Waals surface area contributed by atoms with Crippen LogP contribution in [0.25, 0.3) is 55.0 Å². The highest BCUT2D eigenvalue weighted by Crippen LogP contribution is 2.50. The summed E-state index contributed by atoms with van der Waals surface area (Å²) in [7, 11) is 0. The molecule has 3 heterocycles. The molecule has 0 radical (unpaired) electrons. The summed E-state index contributed by atoms with van der Waals surface area (Å²) in [4.78, 5) is 4.97. The second-order valence-corrected chi connectivity index (χ2v) is 20.6. The van der Waals surface area contributed by atoms with Gasteiger partial charge in [0.2, 0.25) is 0 Å². The van der Waals surface area contributed by atoms with E-state index in [1.54, 1.807) is 0 Å². The van der Waals surface area contributed by atoms with E-state index >= 15 is 0 Å². The lowest BCUT2D eigenvalue weighted by Crippen LogP contribution is -2.19. The standard InChI is InChI=1S/C64H56N4/c1-63(2,3)44-25-29-47(30-26-44)65(51-37-39-59-55(41-51)53-22-14-15-23-57(53)66(59)49-31-27-45(28-32-49)64(4,5)6)48-33-35-50(36-34-48)68-58-24-16-13-21-52(58)54-38-40-60-56(62(54)68)42-61(43-17-9-7-10-18-43)67(60)46-19-11-8-12-20-46/h7-41,61H,42H2,1-6H3. The average molecular weight is 881 g/mol. The summed E-state index contributed by atoms with van der Waals surface area (Å²) in [6, 6.07) is 79.1. The maximum Gasteiger partial charge on any atom is 0.0633 e. The molecule has 4 heteroatoms. The minimum absolute atomic E-state index is 0.0402. The summed E-state index contributed by atoms with van der Waals surface area (Å²) in [6.07, 6.45) is 0.902. The van der Waals surface area contributed by atoms with Gasteiger partial charge in [0.05, 0.1) is 28.1 Å². The molecule has 1 atom stereocenters. The topological polar surface area (TPSA) is 16.3 Å². The van der Waals surface area contributed by atoms with E-state index in [0.29, 0.717) is 0 Å². The van der Waals surface area contributed by atoms with Crippen LogP contribution in [0, 0.1) is 0 Å². The molecular weight excluding hydrogens is 825 g/mol. The second-order valence-electron chi connectivity index (χ2n) is 20.6. The van der Waals surface area contributed by atoms with Gasteiger partial charge in [0.25, 0.3) is 0 Å². The van der Waals surface area contributed by atoms with Gasteiger partial charge in [0, 0.05) is 73.3 Å². The SMILES string of the molecule is CC(C)(C)c1ccc(N(c2ccc(-n3c4ccccc4c4ccc5c(c43)CC(c3ccccc3)N5c3ccccc3)cc2)c2ccc3c(c2)c2ccccc2n3-c2ccc(C(C)(C)C)cc2)cc1. The molecule has 332 valence electrons. The Labute approximate surface area is 400 Å². The van der Waals surface area contributed by atoms with Gasteiger partial charge in [-0.3, -0.25) is 0 Å². The van der Waals surface area contributed by atoms with E-state index in [0.717, 1.165) is 29.2 Å². The Morgan fingerprint density at radius 2 is 0.882 bits per heavy atom. The molecule has 9 aromatic carbocycles. The molecule has 11 aromatic rings. The molecule has 0 saturated carbocycles. The zero-order valence-electron chi connectivity index (χ0n) is 39.8. The van der Waals surface area contributed by atoms with E-state index < -0.39 is 0 Å². The van der Waals surface area contributed by atoms with Crippen molar-refractivity contribution in [1.29, 1.82) is 0 Å². The summed E-state index contributed by atoms with van der Waals surface area (Å²) < 4.78 is 4.93. The van der Waals surface area contributed by atoms with E-state index in [2.05, 4.69) is 273 Å². The number of nitrogens with zero attached hydrogens (tertiary/aromatic N) is 4. The molecule has 0 fully saturated rings. The molecule has 68 heavy (non-hydrogen) atoms. The number of benzene rings is 9. The number of para-hydroxylation sites is 3. The third-order valence-corrected chi connectivity index (χ3v) is 14.4. The summed E-state index contributed by atoms with van der Waals surface area (Å²) in [5, 5.41) is 5.01. The van der Waals surface area contributed by atoms with E-state index in [9.17, 15) is 0 Å². The first-order valence-electron chi connectivity index (χ1n) is 24.1. The number of hydrogen-bond donors (Lipinski definition) is 0. The van der Waals surface area contributed by atoms with Gasteiger partial charge >= 0.3 is 0 Å². The highest BCUT2D eigenvalue weighted by Gasteiger charge is 2.35. The van der Waals surface area contributed by atoms with Crippen LogP contribution in [-0.4, -0.2) is 9.13 Å². The van der Waals surface area contributed by atoms with Crippen LogP contribution in [0.3, 0.4) is 0 Å². The van der Waals surface area contributed by atoms with Crippen molar-refractivity contribution in [2.45, 2.75) is 64.8 Å². The van der Waals surface area contributed by atoms with Crippen LogP contribution in [0.15, 0.2) is 212 Å². The third-order valence-electron chi connectivity index (χ3n) is 14.4. The minimum Gasteiger partial charge on any atom is -0.333 e. The summed E-state index contributed by atoms with van der Waals surface area (Å²) in [5.74, 6) is 0.